The van der Waals surface area contributed by atoms with Gasteiger partial charge in [-0.1, -0.05) is 0 Å². The highest BCUT2D eigenvalue weighted by molar-refractivity contribution is 6.32. The van der Waals surface area contributed by atoms with E-state index in [0.717, 1.165) is 6.07 Å². The van der Waals surface area contributed by atoms with Crippen molar-refractivity contribution in [2.45, 2.75) is 6.92 Å². The molecule has 0 unspecified atom stereocenters. The van der Waals surface area contributed by atoms with Gasteiger partial charge in [0.1, 0.15) is 17.3 Å². The molecular formula is C16H13FN2O3. The number of aliphatic hydroxyl groups excluding tert-OH is 1. The van der Waals surface area contributed by atoms with Crippen molar-refractivity contribution in [1.29, 1.82) is 0 Å². The number of hydrogen-bond donors (Lipinski definition) is 4. The summed E-state index contributed by atoms with van der Waals surface area (Å²) in [5, 5.41) is 22.4. The molecule has 0 aromatic heterocycles. The van der Waals surface area contributed by atoms with Gasteiger partial charge in [0.2, 0.25) is 0 Å². The van der Waals surface area contributed by atoms with Crippen LogP contribution in [-0.2, 0) is 4.79 Å². The molecule has 112 valence electrons. The number of aliphatic hydroxyl groups is 1. The third-order valence-electron chi connectivity index (χ3n) is 3.55. The number of anilines is 2. The van der Waals surface area contributed by atoms with Crippen LogP contribution in [0.3, 0.4) is 0 Å². The number of hydrogen-bond acceptors (Lipinski definition) is 4. The number of phenolic OH excluding ortho intramolecular Hbond substituents is 1. The number of amides is 1. The van der Waals surface area contributed by atoms with Crippen molar-refractivity contribution in [2.75, 3.05) is 11.1 Å². The van der Waals surface area contributed by atoms with Gasteiger partial charge in [0.15, 0.2) is 0 Å². The number of nitrogens with two attached hydrogens (primary N) is 1. The van der Waals surface area contributed by atoms with Gasteiger partial charge in [0.25, 0.3) is 5.91 Å². The Kier molecular flexibility index (Phi) is 3.02. The molecule has 3 rings (SSSR count). The lowest BCUT2D eigenvalue weighted by Crippen LogP contribution is -2.05. The highest BCUT2D eigenvalue weighted by Gasteiger charge is 2.28. The van der Waals surface area contributed by atoms with Gasteiger partial charge in [-0.05, 0) is 31.2 Å². The predicted octanol–water partition coefficient (Wildman–Crippen LogP) is 3.02. The summed E-state index contributed by atoms with van der Waals surface area (Å²) in [6.45, 7) is 1.41. The maximum absolute atomic E-state index is 13.2. The lowest BCUT2D eigenvalue weighted by Gasteiger charge is -2.10. The van der Waals surface area contributed by atoms with Crippen LogP contribution in [0.2, 0.25) is 0 Å². The number of rotatable bonds is 1. The van der Waals surface area contributed by atoms with Crippen LogP contribution in [0.1, 0.15) is 12.5 Å². The molecule has 0 fully saturated rings. The first kappa shape index (κ1) is 13.9. The van der Waals surface area contributed by atoms with Gasteiger partial charge in [-0.3, -0.25) is 4.79 Å². The third-order valence-corrected chi connectivity index (χ3v) is 3.55. The van der Waals surface area contributed by atoms with Crippen LogP contribution in [0.4, 0.5) is 15.8 Å². The van der Waals surface area contributed by atoms with Crippen molar-refractivity contribution in [3.8, 4) is 16.9 Å². The normalized spacial score (nSPS) is 15.5. The molecule has 0 aliphatic carbocycles. The van der Waals surface area contributed by atoms with Crippen molar-refractivity contribution in [3.63, 3.8) is 0 Å². The van der Waals surface area contributed by atoms with Gasteiger partial charge >= 0.3 is 0 Å². The van der Waals surface area contributed by atoms with E-state index in [4.69, 9.17) is 5.73 Å². The van der Waals surface area contributed by atoms with E-state index in [0.29, 0.717) is 22.4 Å². The van der Waals surface area contributed by atoms with E-state index in [1.54, 1.807) is 6.07 Å². The number of allylic oxidation sites excluding steroid dienone is 1. The second-order valence-electron chi connectivity index (χ2n) is 5.06. The van der Waals surface area contributed by atoms with Crippen LogP contribution in [0, 0.1) is 5.82 Å². The summed E-state index contributed by atoms with van der Waals surface area (Å²) in [5.41, 5.74) is 7.75. The van der Waals surface area contributed by atoms with E-state index < -0.39 is 11.7 Å². The van der Waals surface area contributed by atoms with Crippen LogP contribution in [-0.4, -0.2) is 16.1 Å². The molecule has 1 heterocycles. The zero-order chi connectivity index (χ0) is 16.0. The fourth-order valence-corrected chi connectivity index (χ4v) is 2.56. The topological polar surface area (TPSA) is 95.6 Å². The third kappa shape index (κ3) is 2.05. The minimum atomic E-state index is -0.481. The Balaban J connectivity index is 2.24. The number of aromatic hydroxyl groups is 1. The monoisotopic (exact) mass is 300 g/mol. The van der Waals surface area contributed by atoms with Crippen LogP contribution >= 0.6 is 0 Å². The summed E-state index contributed by atoms with van der Waals surface area (Å²) in [4.78, 5) is 11.9. The second-order valence-corrected chi connectivity index (χ2v) is 5.06. The molecule has 0 spiro atoms. The van der Waals surface area contributed by atoms with Gasteiger partial charge in [-0.2, -0.15) is 0 Å². The van der Waals surface area contributed by atoms with Crippen LogP contribution < -0.4 is 11.1 Å². The summed E-state index contributed by atoms with van der Waals surface area (Å²) in [5.74, 6) is -1.15. The second kappa shape index (κ2) is 4.77. The maximum Gasteiger partial charge on any atom is 0.259 e. The number of fused-ring (bicyclic) bond motifs is 1. The molecule has 5 nitrogen and oxygen atoms in total. The van der Waals surface area contributed by atoms with Gasteiger partial charge in [0.05, 0.1) is 11.3 Å². The van der Waals surface area contributed by atoms with E-state index in [1.165, 1.54) is 25.1 Å². The lowest BCUT2D eigenvalue weighted by molar-refractivity contribution is -0.110. The molecule has 5 N–H and O–H groups in total. The van der Waals surface area contributed by atoms with E-state index >= 15 is 0 Å². The van der Waals surface area contributed by atoms with Gasteiger partial charge in [-0.25, -0.2) is 4.39 Å². The Hall–Kier alpha value is -3.02. The summed E-state index contributed by atoms with van der Waals surface area (Å²) >= 11 is 0. The maximum atomic E-state index is 13.2. The summed E-state index contributed by atoms with van der Waals surface area (Å²) in [6.07, 6.45) is 0. The van der Waals surface area contributed by atoms with Crippen molar-refractivity contribution in [2.24, 2.45) is 0 Å². The number of carbonyl (C=O) groups excluding carboxylic acids is 1. The van der Waals surface area contributed by atoms with E-state index in [-0.39, 0.29) is 22.8 Å². The molecule has 22 heavy (non-hydrogen) atoms. The molecule has 2 aromatic rings. The molecule has 1 aliphatic heterocycles. The quantitative estimate of drug-likeness (QED) is 0.370. The number of phenols is 1. The Bertz CT molecular complexity index is 840. The fourth-order valence-electron chi connectivity index (χ4n) is 2.56. The Morgan fingerprint density at radius 2 is 1.91 bits per heavy atom. The number of nitrogen functional groups attached to an aromatic ring is 1. The van der Waals surface area contributed by atoms with Crippen LogP contribution in [0.15, 0.2) is 36.1 Å². The predicted molar refractivity (Wildman–Crippen MR) is 81.8 cm³/mol. The molecule has 0 bridgehead atoms. The van der Waals surface area contributed by atoms with Crippen molar-refractivity contribution < 1.29 is 19.4 Å². The Labute approximate surface area is 125 Å². The van der Waals surface area contributed by atoms with Crippen LogP contribution in [0.5, 0.6) is 5.75 Å². The number of carbonyl (C=O) groups is 1. The molecule has 0 radical (unpaired) electrons. The van der Waals surface area contributed by atoms with E-state index in [9.17, 15) is 19.4 Å². The summed E-state index contributed by atoms with van der Waals surface area (Å²) in [6, 6.07) is 6.75. The average molecular weight is 300 g/mol. The zero-order valence-electron chi connectivity index (χ0n) is 11.6. The zero-order valence-corrected chi connectivity index (χ0v) is 11.6. The van der Waals surface area contributed by atoms with E-state index in [1.807, 2.05) is 0 Å². The minimum absolute atomic E-state index is 0.103. The standard InChI is InChI=1S/C16H13FN2O3/c1-7(20)15-11-5-10(9-3-2-8(17)4-12(9)18)14(21)6-13(11)19-16(15)22/h2-6,20-21H,18H2,1H3,(H,19,22)/b15-7+. The molecule has 1 amide bonds. The molecule has 6 heteroatoms. The fraction of sp³-hybridized carbons (Fsp3) is 0.0625. The van der Waals surface area contributed by atoms with E-state index in [2.05, 4.69) is 5.32 Å². The Morgan fingerprint density at radius 1 is 1.18 bits per heavy atom. The minimum Gasteiger partial charge on any atom is -0.512 e. The highest BCUT2D eigenvalue weighted by Crippen LogP contribution is 2.42. The highest BCUT2D eigenvalue weighted by atomic mass is 19.1. The lowest BCUT2D eigenvalue weighted by atomic mass is 9.97. The smallest absolute Gasteiger partial charge is 0.259 e. The first-order chi connectivity index (χ1) is 10.4. The largest absolute Gasteiger partial charge is 0.512 e. The number of nitrogens with one attached hydrogen (secondary N) is 1. The average Bonchev–Trinajstić information content (AvgIpc) is 2.73. The van der Waals surface area contributed by atoms with Crippen molar-refractivity contribution in [3.05, 3.63) is 47.5 Å². The van der Waals surface area contributed by atoms with Gasteiger partial charge in [-0.15, -0.1) is 0 Å². The summed E-state index contributed by atoms with van der Waals surface area (Å²) < 4.78 is 13.2. The van der Waals surface area contributed by atoms with Crippen molar-refractivity contribution in [1.82, 2.24) is 0 Å². The molecule has 1 aliphatic rings. The van der Waals surface area contributed by atoms with Gasteiger partial charge in [0, 0.05) is 28.4 Å². The number of benzene rings is 2. The molecule has 0 atom stereocenters. The first-order valence-electron chi connectivity index (χ1n) is 6.52. The van der Waals surface area contributed by atoms with Gasteiger partial charge < -0.3 is 21.3 Å². The molecule has 2 aromatic carbocycles. The summed E-state index contributed by atoms with van der Waals surface area (Å²) in [7, 11) is 0. The van der Waals surface area contributed by atoms with Crippen molar-refractivity contribution >= 4 is 22.9 Å². The van der Waals surface area contributed by atoms with Crippen LogP contribution in [0.25, 0.3) is 16.7 Å². The number of halogens is 1. The molecule has 0 saturated carbocycles. The molecule has 0 saturated heterocycles. The SMILES string of the molecule is C/C(O)=C1\C(=O)Nc2cc(O)c(-c3ccc(F)cc3N)cc21. The molecular weight excluding hydrogens is 287 g/mol. The Morgan fingerprint density at radius 3 is 2.55 bits per heavy atom. The first-order valence-corrected chi connectivity index (χ1v) is 6.52.